The Morgan fingerprint density at radius 3 is 2.60 bits per heavy atom. The van der Waals surface area contributed by atoms with Crippen molar-refractivity contribution < 1.29 is 4.74 Å². The van der Waals surface area contributed by atoms with Gasteiger partial charge in [-0.2, -0.15) is 0 Å². The molecule has 1 saturated carbocycles. The fourth-order valence-corrected chi connectivity index (χ4v) is 2.26. The maximum absolute atomic E-state index is 5.77. The van der Waals surface area contributed by atoms with E-state index in [1.54, 1.807) is 0 Å². The summed E-state index contributed by atoms with van der Waals surface area (Å²) >= 11 is 0. The molecule has 3 atom stereocenters. The highest BCUT2D eigenvalue weighted by molar-refractivity contribution is 4.87. The SMILES string of the molecule is C=C(OCC1CC(C)CCC1C)C(C)C. The third-order valence-electron chi connectivity index (χ3n) is 3.75. The molecule has 0 amide bonds. The minimum Gasteiger partial charge on any atom is -0.498 e. The van der Waals surface area contributed by atoms with Gasteiger partial charge in [0.15, 0.2) is 0 Å². The van der Waals surface area contributed by atoms with E-state index in [9.17, 15) is 0 Å². The molecule has 0 radical (unpaired) electrons. The van der Waals surface area contributed by atoms with E-state index in [4.69, 9.17) is 4.74 Å². The Balaban J connectivity index is 2.33. The summed E-state index contributed by atoms with van der Waals surface area (Å²) < 4.78 is 5.77. The van der Waals surface area contributed by atoms with Crippen LogP contribution in [0.3, 0.4) is 0 Å². The molecule has 1 rings (SSSR count). The second kappa shape index (κ2) is 5.58. The van der Waals surface area contributed by atoms with Crippen molar-refractivity contribution in [2.45, 2.75) is 47.0 Å². The lowest BCUT2D eigenvalue weighted by molar-refractivity contribution is 0.0822. The zero-order chi connectivity index (χ0) is 11.4. The molecule has 0 heterocycles. The van der Waals surface area contributed by atoms with Crippen LogP contribution in [0.2, 0.25) is 0 Å². The van der Waals surface area contributed by atoms with Gasteiger partial charge in [-0.15, -0.1) is 0 Å². The molecular formula is C14H26O. The lowest BCUT2D eigenvalue weighted by atomic mass is 9.76. The molecule has 0 spiro atoms. The topological polar surface area (TPSA) is 9.23 Å². The van der Waals surface area contributed by atoms with Crippen molar-refractivity contribution in [1.29, 1.82) is 0 Å². The van der Waals surface area contributed by atoms with Gasteiger partial charge in [0.25, 0.3) is 0 Å². The molecule has 1 nitrogen and oxygen atoms in total. The third-order valence-corrected chi connectivity index (χ3v) is 3.75. The molecule has 0 bridgehead atoms. The molecule has 1 heteroatoms. The molecule has 0 aromatic heterocycles. The van der Waals surface area contributed by atoms with Crippen LogP contribution in [-0.4, -0.2) is 6.61 Å². The van der Waals surface area contributed by atoms with Gasteiger partial charge in [-0.3, -0.25) is 0 Å². The van der Waals surface area contributed by atoms with E-state index in [0.29, 0.717) is 5.92 Å². The highest BCUT2D eigenvalue weighted by Crippen LogP contribution is 2.33. The predicted octanol–water partition coefficient (Wildman–Crippen LogP) is 4.25. The van der Waals surface area contributed by atoms with Gasteiger partial charge in [0, 0.05) is 5.92 Å². The van der Waals surface area contributed by atoms with E-state index >= 15 is 0 Å². The van der Waals surface area contributed by atoms with Crippen molar-refractivity contribution >= 4 is 0 Å². The monoisotopic (exact) mass is 210 g/mol. The molecular weight excluding hydrogens is 184 g/mol. The van der Waals surface area contributed by atoms with Crippen LogP contribution in [-0.2, 0) is 4.74 Å². The van der Waals surface area contributed by atoms with E-state index in [-0.39, 0.29) is 0 Å². The highest BCUT2D eigenvalue weighted by atomic mass is 16.5. The highest BCUT2D eigenvalue weighted by Gasteiger charge is 2.26. The largest absolute Gasteiger partial charge is 0.498 e. The fraction of sp³-hybridized carbons (Fsp3) is 0.857. The molecule has 0 saturated heterocycles. The summed E-state index contributed by atoms with van der Waals surface area (Å²) in [5, 5.41) is 0. The van der Waals surface area contributed by atoms with Crippen LogP contribution >= 0.6 is 0 Å². The zero-order valence-corrected chi connectivity index (χ0v) is 10.8. The van der Waals surface area contributed by atoms with E-state index in [2.05, 4.69) is 34.3 Å². The third kappa shape index (κ3) is 3.89. The minimum atomic E-state index is 0.446. The summed E-state index contributed by atoms with van der Waals surface area (Å²) in [7, 11) is 0. The van der Waals surface area contributed by atoms with Crippen LogP contribution in [0.5, 0.6) is 0 Å². The molecule has 0 aromatic carbocycles. The summed E-state index contributed by atoms with van der Waals surface area (Å²) in [6, 6.07) is 0. The summed E-state index contributed by atoms with van der Waals surface area (Å²) in [4.78, 5) is 0. The van der Waals surface area contributed by atoms with E-state index in [1.165, 1.54) is 19.3 Å². The molecule has 0 aliphatic heterocycles. The Labute approximate surface area is 94.9 Å². The predicted molar refractivity (Wildman–Crippen MR) is 65.6 cm³/mol. The van der Waals surface area contributed by atoms with Gasteiger partial charge in [-0.1, -0.05) is 47.1 Å². The Morgan fingerprint density at radius 1 is 1.33 bits per heavy atom. The molecule has 0 N–H and O–H groups in total. The van der Waals surface area contributed by atoms with Crippen molar-refractivity contribution in [3.05, 3.63) is 12.3 Å². The summed E-state index contributed by atoms with van der Waals surface area (Å²) in [6.45, 7) is 13.8. The first-order valence-electron chi connectivity index (χ1n) is 6.32. The number of allylic oxidation sites excluding steroid dienone is 1. The van der Waals surface area contributed by atoms with Crippen molar-refractivity contribution in [2.75, 3.05) is 6.61 Å². The number of rotatable bonds is 4. The smallest absolute Gasteiger partial charge is 0.0913 e. The second-order valence-electron chi connectivity index (χ2n) is 5.59. The van der Waals surface area contributed by atoms with Gasteiger partial charge in [0.05, 0.1) is 12.4 Å². The van der Waals surface area contributed by atoms with Crippen molar-refractivity contribution in [3.8, 4) is 0 Å². The molecule has 15 heavy (non-hydrogen) atoms. The number of hydrogen-bond acceptors (Lipinski definition) is 1. The van der Waals surface area contributed by atoms with Crippen LogP contribution in [0.1, 0.15) is 47.0 Å². The number of hydrogen-bond donors (Lipinski definition) is 0. The average Bonchev–Trinajstić information content (AvgIpc) is 2.18. The van der Waals surface area contributed by atoms with Crippen LogP contribution in [0, 0.1) is 23.7 Å². The summed E-state index contributed by atoms with van der Waals surface area (Å²) in [5.74, 6) is 3.83. The first-order valence-corrected chi connectivity index (χ1v) is 6.32. The van der Waals surface area contributed by atoms with E-state index in [0.717, 1.165) is 30.1 Å². The summed E-state index contributed by atoms with van der Waals surface area (Å²) in [6.07, 6.45) is 4.08. The van der Waals surface area contributed by atoms with Gasteiger partial charge in [-0.25, -0.2) is 0 Å². The lowest BCUT2D eigenvalue weighted by Crippen LogP contribution is -2.25. The van der Waals surface area contributed by atoms with Crippen LogP contribution < -0.4 is 0 Å². The van der Waals surface area contributed by atoms with Gasteiger partial charge in [0.2, 0.25) is 0 Å². The standard InChI is InChI=1S/C14H26O/c1-10(2)13(5)15-9-14-8-11(3)6-7-12(14)4/h10-12,14H,5-9H2,1-4H3. The van der Waals surface area contributed by atoms with Crippen molar-refractivity contribution in [2.24, 2.45) is 23.7 Å². The van der Waals surface area contributed by atoms with Crippen LogP contribution in [0.25, 0.3) is 0 Å². The first-order chi connectivity index (χ1) is 7.00. The normalized spacial score (nSPS) is 31.7. The zero-order valence-electron chi connectivity index (χ0n) is 10.8. The Kier molecular flexibility index (Phi) is 4.69. The van der Waals surface area contributed by atoms with E-state index < -0.39 is 0 Å². The molecule has 0 aromatic rings. The van der Waals surface area contributed by atoms with Crippen LogP contribution in [0.15, 0.2) is 12.3 Å². The summed E-state index contributed by atoms with van der Waals surface area (Å²) in [5.41, 5.74) is 0. The van der Waals surface area contributed by atoms with Crippen molar-refractivity contribution in [1.82, 2.24) is 0 Å². The Morgan fingerprint density at radius 2 is 2.00 bits per heavy atom. The van der Waals surface area contributed by atoms with Gasteiger partial charge in [-0.05, 0) is 24.2 Å². The number of ether oxygens (including phenoxy) is 1. The van der Waals surface area contributed by atoms with Crippen LogP contribution in [0.4, 0.5) is 0 Å². The average molecular weight is 210 g/mol. The maximum Gasteiger partial charge on any atom is 0.0913 e. The van der Waals surface area contributed by atoms with Gasteiger partial charge < -0.3 is 4.74 Å². The Bertz CT molecular complexity index is 207. The Hall–Kier alpha value is -0.460. The molecule has 1 aliphatic carbocycles. The van der Waals surface area contributed by atoms with Crippen molar-refractivity contribution in [3.63, 3.8) is 0 Å². The molecule has 3 unspecified atom stereocenters. The van der Waals surface area contributed by atoms with E-state index in [1.807, 2.05) is 0 Å². The first kappa shape index (κ1) is 12.6. The quantitative estimate of drug-likeness (QED) is 0.630. The molecule has 1 aliphatic rings. The lowest BCUT2D eigenvalue weighted by Gasteiger charge is -2.33. The van der Waals surface area contributed by atoms with Gasteiger partial charge in [0.1, 0.15) is 0 Å². The molecule has 88 valence electrons. The second-order valence-corrected chi connectivity index (χ2v) is 5.59. The molecule has 1 fully saturated rings. The minimum absolute atomic E-state index is 0.446. The maximum atomic E-state index is 5.77. The fourth-order valence-electron chi connectivity index (χ4n) is 2.26. The van der Waals surface area contributed by atoms with Gasteiger partial charge >= 0.3 is 0 Å².